The molecule has 0 saturated carbocycles. The van der Waals surface area contributed by atoms with Crippen molar-refractivity contribution in [3.8, 4) is 11.1 Å². The number of hydrogen-bond donors (Lipinski definition) is 1. The van der Waals surface area contributed by atoms with Gasteiger partial charge in [-0.3, -0.25) is 4.79 Å². The molecule has 0 bridgehead atoms. The molecule has 1 aliphatic heterocycles. The molecule has 2 heterocycles. The van der Waals surface area contributed by atoms with Crippen LogP contribution in [-0.4, -0.2) is 59.7 Å². The molecule has 7 nitrogen and oxygen atoms in total. The van der Waals surface area contributed by atoms with Crippen molar-refractivity contribution in [2.75, 3.05) is 26.2 Å². The predicted molar refractivity (Wildman–Crippen MR) is 114 cm³/mol. The van der Waals surface area contributed by atoms with Crippen molar-refractivity contribution >= 4 is 15.9 Å². The molecule has 4 rings (SSSR count). The van der Waals surface area contributed by atoms with Crippen LogP contribution >= 0.6 is 0 Å². The largest absolute Gasteiger partial charge is 0.341 e. The zero-order valence-electron chi connectivity index (χ0n) is 16.6. The number of aromatic nitrogens is 2. The van der Waals surface area contributed by atoms with E-state index in [4.69, 9.17) is 0 Å². The van der Waals surface area contributed by atoms with Gasteiger partial charge < -0.3 is 9.88 Å². The van der Waals surface area contributed by atoms with Crippen LogP contribution in [0.25, 0.3) is 11.1 Å². The molecule has 1 aliphatic rings. The van der Waals surface area contributed by atoms with Gasteiger partial charge in [-0.2, -0.15) is 4.31 Å². The molecule has 1 saturated heterocycles. The van der Waals surface area contributed by atoms with E-state index in [-0.39, 0.29) is 17.5 Å². The summed E-state index contributed by atoms with van der Waals surface area (Å²) in [7, 11) is -3.60. The molecule has 2 aromatic carbocycles. The van der Waals surface area contributed by atoms with Gasteiger partial charge in [0.15, 0.2) is 5.03 Å². The van der Waals surface area contributed by atoms with Crippen LogP contribution in [-0.2, 0) is 21.2 Å². The van der Waals surface area contributed by atoms with Gasteiger partial charge >= 0.3 is 0 Å². The monoisotopic (exact) mass is 424 g/mol. The fourth-order valence-corrected chi connectivity index (χ4v) is 5.00. The van der Waals surface area contributed by atoms with E-state index < -0.39 is 10.0 Å². The molecule has 0 spiro atoms. The van der Waals surface area contributed by atoms with Crippen molar-refractivity contribution in [3.05, 3.63) is 72.7 Å². The third kappa shape index (κ3) is 4.44. The van der Waals surface area contributed by atoms with Crippen molar-refractivity contribution in [2.45, 2.75) is 17.9 Å². The first-order chi connectivity index (χ1) is 14.5. The number of hydrogen-bond acceptors (Lipinski definition) is 4. The van der Waals surface area contributed by atoms with Crippen LogP contribution < -0.4 is 0 Å². The maximum atomic E-state index is 12.8. The summed E-state index contributed by atoms with van der Waals surface area (Å²) in [5.74, 6) is 0.0169. The van der Waals surface area contributed by atoms with Crippen molar-refractivity contribution < 1.29 is 13.2 Å². The molecule has 0 radical (unpaired) electrons. The number of nitrogens with one attached hydrogen (secondary N) is 1. The van der Waals surface area contributed by atoms with E-state index in [0.29, 0.717) is 32.5 Å². The first kappa shape index (κ1) is 20.3. The summed E-state index contributed by atoms with van der Waals surface area (Å²) in [6.45, 7) is 1.60. The molecular formula is C22H24N4O3S. The molecule has 0 atom stereocenters. The molecule has 1 N–H and O–H groups in total. The van der Waals surface area contributed by atoms with E-state index >= 15 is 0 Å². The standard InChI is InChI=1S/C22H24N4O3S/c27-22(15-18-7-9-20(10-8-18)19-5-2-1-3-6-19)25-11-4-12-26(14-13-25)30(28,29)21-16-23-17-24-21/h1-3,5-10,16-17H,4,11-15H2,(H,23,24). The smallest absolute Gasteiger partial charge is 0.260 e. The average molecular weight is 425 g/mol. The minimum atomic E-state index is -3.60. The van der Waals surface area contributed by atoms with Gasteiger partial charge in [0.05, 0.1) is 18.9 Å². The summed E-state index contributed by atoms with van der Waals surface area (Å²) in [5, 5.41) is 0.0841. The van der Waals surface area contributed by atoms with Gasteiger partial charge in [0.1, 0.15) is 0 Å². The van der Waals surface area contributed by atoms with Crippen molar-refractivity contribution in [2.24, 2.45) is 0 Å². The second-order valence-corrected chi connectivity index (χ2v) is 9.20. The van der Waals surface area contributed by atoms with Gasteiger partial charge in [-0.1, -0.05) is 54.6 Å². The van der Waals surface area contributed by atoms with Crippen LogP contribution in [0, 0.1) is 0 Å². The highest BCUT2D eigenvalue weighted by molar-refractivity contribution is 7.89. The summed E-state index contributed by atoms with van der Waals surface area (Å²) in [6.07, 6.45) is 3.57. The van der Waals surface area contributed by atoms with E-state index in [1.54, 1.807) is 4.90 Å². The first-order valence-corrected chi connectivity index (χ1v) is 11.4. The van der Waals surface area contributed by atoms with Crippen LogP contribution in [0.3, 0.4) is 0 Å². The lowest BCUT2D eigenvalue weighted by molar-refractivity contribution is -0.130. The number of H-pyrrole nitrogens is 1. The Morgan fingerprint density at radius 2 is 1.67 bits per heavy atom. The summed E-state index contributed by atoms with van der Waals surface area (Å²) in [5.41, 5.74) is 3.20. The third-order valence-corrected chi connectivity index (χ3v) is 7.14. The van der Waals surface area contributed by atoms with E-state index in [0.717, 1.165) is 16.7 Å². The average Bonchev–Trinajstić information content (AvgIpc) is 3.20. The van der Waals surface area contributed by atoms with Gasteiger partial charge in [0, 0.05) is 26.2 Å². The van der Waals surface area contributed by atoms with Gasteiger partial charge in [-0.05, 0) is 23.1 Å². The fourth-order valence-electron chi connectivity index (χ4n) is 3.64. The summed E-state index contributed by atoms with van der Waals surface area (Å²) in [4.78, 5) is 21.0. The number of nitrogens with zero attached hydrogens (tertiary/aromatic N) is 3. The molecule has 8 heteroatoms. The maximum absolute atomic E-state index is 12.8. The van der Waals surface area contributed by atoms with Crippen LogP contribution in [0.5, 0.6) is 0 Å². The number of carbonyl (C=O) groups is 1. The fraction of sp³-hybridized carbons (Fsp3) is 0.273. The number of imidazole rings is 1. The first-order valence-electron chi connectivity index (χ1n) is 9.95. The molecule has 3 aromatic rings. The minimum Gasteiger partial charge on any atom is -0.341 e. The lowest BCUT2D eigenvalue weighted by Crippen LogP contribution is -2.38. The van der Waals surface area contributed by atoms with E-state index in [9.17, 15) is 13.2 Å². The molecule has 156 valence electrons. The summed E-state index contributed by atoms with van der Waals surface area (Å²) >= 11 is 0. The second kappa shape index (κ2) is 8.81. The molecule has 30 heavy (non-hydrogen) atoms. The van der Waals surface area contributed by atoms with Crippen molar-refractivity contribution in [3.63, 3.8) is 0 Å². The molecule has 1 fully saturated rings. The number of sulfonamides is 1. The molecular weight excluding hydrogens is 400 g/mol. The molecule has 0 unspecified atom stereocenters. The lowest BCUT2D eigenvalue weighted by Gasteiger charge is -2.21. The number of aromatic amines is 1. The van der Waals surface area contributed by atoms with Crippen molar-refractivity contribution in [1.29, 1.82) is 0 Å². The van der Waals surface area contributed by atoms with E-state index in [1.807, 2.05) is 42.5 Å². The SMILES string of the molecule is O=C(Cc1ccc(-c2ccccc2)cc1)N1CCCN(S(=O)(=O)c2cnc[nH]2)CC1. The highest BCUT2D eigenvalue weighted by Gasteiger charge is 2.29. The zero-order valence-corrected chi connectivity index (χ0v) is 17.4. The van der Waals surface area contributed by atoms with Gasteiger partial charge in [-0.15, -0.1) is 0 Å². The minimum absolute atomic E-state index is 0.0169. The second-order valence-electron chi connectivity index (χ2n) is 7.29. The molecule has 0 aliphatic carbocycles. The summed E-state index contributed by atoms with van der Waals surface area (Å²) in [6, 6.07) is 18.1. The maximum Gasteiger partial charge on any atom is 0.260 e. The van der Waals surface area contributed by atoms with Crippen LogP contribution in [0.4, 0.5) is 0 Å². The topological polar surface area (TPSA) is 86.4 Å². The Bertz CT molecular complexity index is 1080. The predicted octanol–water partition coefficient (Wildman–Crippen LogP) is 2.54. The Labute approximate surface area is 176 Å². The Morgan fingerprint density at radius 1 is 0.933 bits per heavy atom. The number of rotatable bonds is 5. The molecule has 1 amide bonds. The highest BCUT2D eigenvalue weighted by atomic mass is 32.2. The van der Waals surface area contributed by atoms with Crippen LogP contribution in [0.2, 0.25) is 0 Å². The lowest BCUT2D eigenvalue weighted by atomic mass is 10.0. The Hall–Kier alpha value is -2.97. The van der Waals surface area contributed by atoms with Gasteiger partial charge in [0.25, 0.3) is 10.0 Å². The highest BCUT2D eigenvalue weighted by Crippen LogP contribution is 2.20. The number of amides is 1. The Morgan fingerprint density at radius 3 is 2.37 bits per heavy atom. The Balaban J connectivity index is 1.37. The Kier molecular flexibility index (Phi) is 5.96. The van der Waals surface area contributed by atoms with Crippen LogP contribution in [0.1, 0.15) is 12.0 Å². The van der Waals surface area contributed by atoms with Gasteiger partial charge in [0.2, 0.25) is 5.91 Å². The van der Waals surface area contributed by atoms with Crippen molar-refractivity contribution in [1.82, 2.24) is 19.2 Å². The zero-order chi connectivity index (χ0) is 21.0. The third-order valence-electron chi connectivity index (χ3n) is 5.31. The van der Waals surface area contributed by atoms with E-state index in [1.165, 1.54) is 16.8 Å². The summed E-state index contributed by atoms with van der Waals surface area (Å²) < 4.78 is 26.8. The number of benzene rings is 2. The van der Waals surface area contributed by atoms with E-state index in [2.05, 4.69) is 22.1 Å². The van der Waals surface area contributed by atoms with Crippen LogP contribution in [0.15, 0.2) is 72.1 Å². The normalized spacial score (nSPS) is 15.7. The quantitative estimate of drug-likeness (QED) is 0.682. The molecule has 1 aromatic heterocycles. The number of carbonyl (C=O) groups excluding carboxylic acids is 1. The van der Waals surface area contributed by atoms with Gasteiger partial charge in [-0.25, -0.2) is 13.4 Å².